The zero-order valence-corrected chi connectivity index (χ0v) is 9.24. The number of rotatable bonds is 3. The molecule has 0 saturated carbocycles. The van der Waals surface area contributed by atoms with E-state index in [1.54, 1.807) is 13.1 Å². The van der Waals surface area contributed by atoms with Crippen LogP contribution in [0.5, 0.6) is 5.75 Å². The van der Waals surface area contributed by atoms with Crippen LogP contribution in [0.3, 0.4) is 0 Å². The van der Waals surface area contributed by atoms with Crippen molar-refractivity contribution in [3.63, 3.8) is 0 Å². The summed E-state index contributed by atoms with van der Waals surface area (Å²) < 4.78 is 18.6. The van der Waals surface area contributed by atoms with Crippen molar-refractivity contribution in [1.82, 2.24) is 5.32 Å². The second-order valence-electron chi connectivity index (χ2n) is 4.07. The Morgan fingerprint density at radius 1 is 1.62 bits per heavy atom. The molecule has 0 saturated heterocycles. The quantitative estimate of drug-likeness (QED) is 0.809. The number of likely N-dealkylation sites (N-methyl/N-ethyl adjacent to an activating group) is 1. The molecule has 2 N–H and O–H groups in total. The van der Waals surface area contributed by atoms with E-state index >= 15 is 0 Å². The summed E-state index contributed by atoms with van der Waals surface area (Å²) in [6, 6.07) is 4.50. The second-order valence-corrected chi connectivity index (χ2v) is 4.07. The van der Waals surface area contributed by atoms with Crippen molar-refractivity contribution in [2.24, 2.45) is 0 Å². The standard InChI is InChI=1S/C12H16FNO2/c1-14-7-10(15)12-4-2-8-6-9(13)3-5-11(8)16-12/h3,5-6,10,12,14-15H,2,4,7H2,1H3/t10?,12-/m1/s1. The molecule has 0 bridgehead atoms. The van der Waals surface area contributed by atoms with Crippen molar-refractivity contribution in [2.75, 3.05) is 13.6 Å². The molecule has 2 atom stereocenters. The number of ether oxygens (including phenoxy) is 1. The fourth-order valence-electron chi connectivity index (χ4n) is 1.99. The largest absolute Gasteiger partial charge is 0.487 e. The number of aliphatic hydroxyl groups excluding tert-OH is 1. The van der Waals surface area contributed by atoms with E-state index in [1.165, 1.54) is 12.1 Å². The van der Waals surface area contributed by atoms with Crippen molar-refractivity contribution in [3.8, 4) is 5.75 Å². The molecule has 4 heteroatoms. The average Bonchev–Trinajstić information content (AvgIpc) is 2.28. The van der Waals surface area contributed by atoms with Gasteiger partial charge in [-0.25, -0.2) is 4.39 Å². The number of hydrogen-bond donors (Lipinski definition) is 2. The fourth-order valence-corrected chi connectivity index (χ4v) is 1.99. The molecule has 1 aromatic carbocycles. The van der Waals surface area contributed by atoms with Gasteiger partial charge >= 0.3 is 0 Å². The summed E-state index contributed by atoms with van der Waals surface area (Å²) in [4.78, 5) is 0. The molecule has 0 spiro atoms. The molecule has 0 amide bonds. The predicted octanol–water partition coefficient (Wildman–Crippen LogP) is 1.10. The Bertz CT molecular complexity index is 370. The van der Waals surface area contributed by atoms with Gasteiger partial charge in [0.2, 0.25) is 0 Å². The van der Waals surface area contributed by atoms with Crippen LogP contribution in [0, 0.1) is 5.82 Å². The van der Waals surface area contributed by atoms with Gasteiger partial charge < -0.3 is 15.2 Å². The van der Waals surface area contributed by atoms with E-state index in [1.807, 2.05) is 0 Å². The van der Waals surface area contributed by atoms with Crippen LogP contribution in [0.25, 0.3) is 0 Å². The number of fused-ring (bicyclic) bond motifs is 1. The van der Waals surface area contributed by atoms with Crippen LogP contribution in [-0.4, -0.2) is 30.9 Å². The highest BCUT2D eigenvalue weighted by Gasteiger charge is 2.25. The minimum Gasteiger partial charge on any atom is -0.487 e. The Balaban J connectivity index is 2.09. The fraction of sp³-hybridized carbons (Fsp3) is 0.500. The lowest BCUT2D eigenvalue weighted by molar-refractivity contribution is 0.0255. The summed E-state index contributed by atoms with van der Waals surface area (Å²) in [5.41, 5.74) is 0.882. The maximum absolute atomic E-state index is 13.0. The molecular weight excluding hydrogens is 209 g/mol. The van der Waals surface area contributed by atoms with Crippen LogP contribution in [0.4, 0.5) is 4.39 Å². The smallest absolute Gasteiger partial charge is 0.126 e. The third-order valence-electron chi connectivity index (χ3n) is 2.84. The first-order valence-corrected chi connectivity index (χ1v) is 5.48. The summed E-state index contributed by atoms with van der Waals surface area (Å²) in [6.07, 6.45) is 0.742. The minimum atomic E-state index is -0.525. The van der Waals surface area contributed by atoms with Crippen molar-refractivity contribution in [2.45, 2.75) is 25.0 Å². The molecule has 1 heterocycles. The summed E-state index contributed by atoms with van der Waals surface area (Å²) in [7, 11) is 1.79. The molecular formula is C12H16FNO2. The number of aryl methyl sites for hydroxylation is 1. The van der Waals surface area contributed by atoms with Gasteiger partial charge in [0, 0.05) is 6.54 Å². The van der Waals surface area contributed by atoms with Gasteiger partial charge in [0.25, 0.3) is 0 Å². The highest BCUT2D eigenvalue weighted by atomic mass is 19.1. The molecule has 3 nitrogen and oxygen atoms in total. The average molecular weight is 225 g/mol. The van der Waals surface area contributed by atoms with Crippen molar-refractivity contribution in [1.29, 1.82) is 0 Å². The molecule has 0 fully saturated rings. The number of nitrogens with one attached hydrogen (secondary N) is 1. The topological polar surface area (TPSA) is 41.5 Å². The zero-order chi connectivity index (χ0) is 11.5. The first-order valence-electron chi connectivity index (χ1n) is 5.48. The van der Waals surface area contributed by atoms with E-state index in [2.05, 4.69) is 5.32 Å². The van der Waals surface area contributed by atoms with Gasteiger partial charge in [0.15, 0.2) is 0 Å². The molecule has 1 aliphatic rings. The summed E-state index contributed by atoms with van der Waals surface area (Å²) >= 11 is 0. The summed E-state index contributed by atoms with van der Waals surface area (Å²) in [6.45, 7) is 0.501. The van der Waals surface area contributed by atoms with Crippen molar-refractivity contribution < 1.29 is 14.2 Å². The van der Waals surface area contributed by atoms with Crippen LogP contribution in [-0.2, 0) is 6.42 Å². The number of benzene rings is 1. The molecule has 88 valence electrons. The molecule has 16 heavy (non-hydrogen) atoms. The third kappa shape index (κ3) is 2.33. The van der Waals surface area contributed by atoms with Crippen molar-refractivity contribution in [3.05, 3.63) is 29.6 Å². The van der Waals surface area contributed by atoms with E-state index in [0.29, 0.717) is 12.3 Å². The molecule has 1 aliphatic heterocycles. The molecule has 1 unspecified atom stereocenters. The minimum absolute atomic E-state index is 0.203. The van der Waals surface area contributed by atoms with Gasteiger partial charge in [-0.2, -0.15) is 0 Å². The maximum atomic E-state index is 13.0. The van der Waals surface area contributed by atoms with E-state index in [0.717, 1.165) is 18.4 Å². The third-order valence-corrected chi connectivity index (χ3v) is 2.84. The number of aliphatic hydroxyl groups is 1. The van der Waals surface area contributed by atoms with Crippen LogP contribution < -0.4 is 10.1 Å². The van der Waals surface area contributed by atoms with Crippen LogP contribution >= 0.6 is 0 Å². The monoisotopic (exact) mass is 225 g/mol. The summed E-state index contributed by atoms with van der Waals surface area (Å²) in [5, 5.41) is 12.7. The first kappa shape index (κ1) is 11.4. The van der Waals surface area contributed by atoms with Crippen LogP contribution in [0.1, 0.15) is 12.0 Å². The second kappa shape index (κ2) is 4.80. The first-order chi connectivity index (χ1) is 7.70. The zero-order valence-electron chi connectivity index (χ0n) is 9.24. The van der Waals surface area contributed by atoms with Gasteiger partial charge in [0.1, 0.15) is 23.8 Å². The van der Waals surface area contributed by atoms with Gasteiger partial charge in [-0.3, -0.25) is 0 Å². The summed E-state index contributed by atoms with van der Waals surface area (Å²) in [5.74, 6) is 0.448. The Morgan fingerprint density at radius 2 is 2.44 bits per heavy atom. The van der Waals surface area contributed by atoms with E-state index < -0.39 is 6.10 Å². The van der Waals surface area contributed by atoms with E-state index in [4.69, 9.17) is 4.74 Å². The number of hydrogen-bond acceptors (Lipinski definition) is 3. The van der Waals surface area contributed by atoms with Gasteiger partial charge in [0.05, 0.1) is 0 Å². The lowest BCUT2D eigenvalue weighted by Gasteiger charge is -2.29. The van der Waals surface area contributed by atoms with Gasteiger partial charge in [-0.1, -0.05) is 0 Å². The van der Waals surface area contributed by atoms with Gasteiger partial charge in [-0.05, 0) is 43.7 Å². The Morgan fingerprint density at radius 3 is 3.19 bits per heavy atom. The molecule has 2 rings (SSSR count). The van der Waals surface area contributed by atoms with Gasteiger partial charge in [-0.15, -0.1) is 0 Å². The molecule has 1 aromatic rings. The lowest BCUT2D eigenvalue weighted by Crippen LogP contribution is -2.40. The van der Waals surface area contributed by atoms with Crippen LogP contribution in [0.15, 0.2) is 18.2 Å². The van der Waals surface area contributed by atoms with E-state index in [-0.39, 0.29) is 11.9 Å². The SMILES string of the molecule is CNCC(O)[C@H]1CCc2cc(F)ccc2O1. The Kier molecular flexibility index (Phi) is 3.41. The highest BCUT2D eigenvalue weighted by molar-refractivity contribution is 5.35. The Labute approximate surface area is 94.2 Å². The normalized spacial score (nSPS) is 21.1. The Hall–Kier alpha value is -1.13. The van der Waals surface area contributed by atoms with Crippen LogP contribution in [0.2, 0.25) is 0 Å². The predicted molar refractivity (Wildman–Crippen MR) is 59.1 cm³/mol. The molecule has 0 aliphatic carbocycles. The van der Waals surface area contributed by atoms with Crippen molar-refractivity contribution >= 4 is 0 Å². The maximum Gasteiger partial charge on any atom is 0.126 e. The molecule has 0 radical (unpaired) electrons. The van der Waals surface area contributed by atoms with E-state index in [9.17, 15) is 9.50 Å². The molecule has 0 aromatic heterocycles. The lowest BCUT2D eigenvalue weighted by atomic mass is 9.99. The number of halogens is 1. The highest BCUT2D eigenvalue weighted by Crippen LogP contribution is 2.29.